The van der Waals surface area contributed by atoms with Gasteiger partial charge in [-0.15, -0.1) is 0 Å². The number of rotatable bonds is 8. The van der Waals surface area contributed by atoms with Gasteiger partial charge >= 0.3 is 5.97 Å². The van der Waals surface area contributed by atoms with Gasteiger partial charge in [-0.25, -0.2) is 4.79 Å². The van der Waals surface area contributed by atoms with Gasteiger partial charge in [0.15, 0.2) is 6.61 Å². The second-order valence-electron chi connectivity index (χ2n) is 3.92. The van der Waals surface area contributed by atoms with Gasteiger partial charge in [-0.1, -0.05) is 19.1 Å². The first-order valence-electron chi connectivity index (χ1n) is 6.34. The first kappa shape index (κ1) is 14.5. The number of ether oxygens (including phenoxy) is 2. The molecule has 0 spiro atoms. The molecule has 0 aliphatic rings. The van der Waals surface area contributed by atoms with Gasteiger partial charge < -0.3 is 14.8 Å². The molecule has 18 heavy (non-hydrogen) atoms. The fourth-order valence-corrected chi connectivity index (χ4v) is 1.50. The second-order valence-corrected chi connectivity index (χ2v) is 3.92. The van der Waals surface area contributed by atoms with E-state index in [1.165, 1.54) is 0 Å². The predicted molar refractivity (Wildman–Crippen MR) is 70.6 cm³/mol. The summed E-state index contributed by atoms with van der Waals surface area (Å²) in [5.74, 6) is 0.353. The highest BCUT2D eigenvalue weighted by atomic mass is 16.6. The molecule has 0 aromatic heterocycles. The summed E-state index contributed by atoms with van der Waals surface area (Å²) in [5, 5.41) is 3.32. The van der Waals surface area contributed by atoms with Crippen molar-refractivity contribution < 1.29 is 14.3 Å². The molecule has 0 radical (unpaired) electrons. The van der Waals surface area contributed by atoms with Crippen molar-refractivity contribution in [1.29, 1.82) is 0 Å². The predicted octanol–water partition coefficient (Wildman–Crippen LogP) is 2.13. The summed E-state index contributed by atoms with van der Waals surface area (Å²) in [5.41, 5.74) is 1.14. The fourth-order valence-electron chi connectivity index (χ4n) is 1.50. The summed E-state index contributed by atoms with van der Waals surface area (Å²) in [6, 6.07) is 7.72. The van der Waals surface area contributed by atoms with Gasteiger partial charge in [-0.05, 0) is 37.6 Å². The molecule has 0 atom stereocenters. The van der Waals surface area contributed by atoms with Crippen molar-refractivity contribution in [2.24, 2.45) is 0 Å². The third-order valence-electron chi connectivity index (χ3n) is 2.32. The van der Waals surface area contributed by atoms with E-state index in [-0.39, 0.29) is 12.6 Å². The van der Waals surface area contributed by atoms with E-state index in [1.807, 2.05) is 24.3 Å². The number of hydrogen-bond acceptors (Lipinski definition) is 4. The summed E-state index contributed by atoms with van der Waals surface area (Å²) >= 11 is 0. The van der Waals surface area contributed by atoms with E-state index in [9.17, 15) is 4.79 Å². The van der Waals surface area contributed by atoms with Crippen LogP contribution in [0.4, 0.5) is 0 Å². The summed E-state index contributed by atoms with van der Waals surface area (Å²) in [6.07, 6.45) is 1.11. The van der Waals surface area contributed by atoms with E-state index in [0.29, 0.717) is 12.4 Å². The van der Waals surface area contributed by atoms with Crippen LogP contribution in [0.25, 0.3) is 0 Å². The monoisotopic (exact) mass is 251 g/mol. The lowest BCUT2D eigenvalue weighted by atomic mass is 10.2. The van der Waals surface area contributed by atoms with Crippen molar-refractivity contribution in [2.45, 2.75) is 26.8 Å². The zero-order chi connectivity index (χ0) is 13.2. The van der Waals surface area contributed by atoms with Crippen LogP contribution in [-0.4, -0.2) is 25.7 Å². The van der Waals surface area contributed by atoms with Gasteiger partial charge in [-0.3, -0.25) is 0 Å². The first-order chi connectivity index (χ1) is 8.76. The molecule has 1 N–H and O–H groups in total. The van der Waals surface area contributed by atoms with Crippen molar-refractivity contribution in [3.05, 3.63) is 29.8 Å². The molecule has 0 fully saturated rings. The number of carbonyl (C=O) groups excluding carboxylic acids is 1. The molecule has 0 saturated carbocycles. The molecule has 4 heteroatoms. The molecule has 4 nitrogen and oxygen atoms in total. The summed E-state index contributed by atoms with van der Waals surface area (Å²) in [4.78, 5) is 11.2. The molecule has 1 aromatic rings. The SMILES string of the molecule is CCCNCc1cccc(OCC(=O)OCC)c1. The minimum atomic E-state index is -0.341. The number of esters is 1. The third kappa shape index (κ3) is 5.68. The van der Waals surface area contributed by atoms with Crippen LogP contribution in [-0.2, 0) is 16.1 Å². The second kappa shape index (κ2) is 8.53. The van der Waals surface area contributed by atoms with Gasteiger partial charge in [0.2, 0.25) is 0 Å². The molecular weight excluding hydrogens is 230 g/mol. The maximum absolute atomic E-state index is 11.2. The van der Waals surface area contributed by atoms with E-state index in [2.05, 4.69) is 12.2 Å². The zero-order valence-corrected chi connectivity index (χ0v) is 11.1. The lowest BCUT2D eigenvalue weighted by molar-refractivity contribution is -0.145. The maximum Gasteiger partial charge on any atom is 0.344 e. The van der Waals surface area contributed by atoms with Crippen LogP contribution in [0.15, 0.2) is 24.3 Å². The Labute approximate surface area is 108 Å². The lowest BCUT2D eigenvalue weighted by Crippen LogP contribution is -2.15. The third-order valence-corrected chi connectivity index (χ3v) is 2.32. The topological polar surface area (TPSA) is 47.6 Å². The van der Waals surface area contributed by atoms with Crippen LogP contribution in [0.2, 0.25) is 0 Å². The van der Waals surface area contributed by atoms with Gasteiger partial charge in [0.05, 0.1) is 6.61 Å². The van der Waals surface area contributed by atoms with Gasteiger partial charge in [0.1, 0.15) is 5.75 Å². The van der Waals surface area contributed by atoms with Gasteiger partial charge in [-0.2, -0.15) is 0 Å². The van der Waals surface area contributed by atoms with E-state index in [0.717, 1.165) is 25.1 Å². The van der Waals surface area contributed by atoms with Crippen LogP contribution < -0.4 is 10.1 Å². The quantitative estimate of drug-likeness (QED) is 0.568. The molecule has 0 unspecified atom stereocenters. The largest absolute Gasteiger partial charge is 0.482 e. The first-order valence-corrected chi connectivity index (χ1v) is 6.34. The normalized spacial score (nSPS) is 10.1. The number of carbonyl (C=O) groups is 1. The van der Waals surface area contributed by atoms with Crippen molar-refractivity contribution in [2.75, 3.05) is 19.8 Å². The van der Waals surface area contributed by atoms with Gasteiger partial charge in [0.25, 0.3) is 0 Å². The van der Waals surface area contributed by atoms with Crippen LogP contribution in [0, 0.1) is 0 Å². The van der Waals surface area contributed by atoms with Crippen molar-refractivity contribution in [3.8, 4) is 5.75 Å². The Morgan fingerprint density at radius 1 is 1.33 bits per heavy atom. The Kier molecular flexibility index (Phi) is 6.87. The minimum Gasteiger partial charge on any atom is -0.482 e. The standard InChI is InChI=1S/C14H21NO3/c1-3-8-15-10-12-6-5-7-13(9-12)18-11-14(16)17-4-2/h5-7,9,15H,3-4,8,10-11H2,1-2H3. The molecule has 100 valence electrons. The Hall–Kier alpha value is -1.55. The van der Waals surface area contributed by atoms with Gasteiger partial charge in [0, 0.05) is 6.54 Å². The average Bonchev–Trinajstić information content (AvgIpc) is 2.38. The highest BCUT2D eigenvalue weighted by molar-refractivity contribution is 5.71. The van der Waals surface area contributed by atoms with Crippen LogP contribution in [0.1, 0.15) is 25.8 Å². The fraction of sp³-hybridized carbons (Fsp3) is 0.500. The smallest absolute Gasteiger partial charge is 0.344 e. The van der Waals surface area contributed by atoms with Crippen molar-refractivity contribution in [1.82, 2.24) is 5.32 Å². The Bertz CT molecular complexity index is 366. The van der Waals surface area contributed by atoms with Crippen LogP contribution in [0.5, 0.6) is 5.75 Å². The average molecular weight is 251 g/mol. The number of hydrogen-bond donors (Lipinski definition) is 1. The van der Waals surface area contributed by atoms with Crippen molar-refractivity contribution >= 4 is 5.97 Å². The summed E-state index contributed by atoms with van der Waals surface area (Å²) in [6.45, 7) is 6.05. The maximum atomic E-state index is 11.2. The van der Waals surface area contributed by atoms with E-state index < -0.39 is 0 Å². The van der Waals surface area contributed by atoms with Crippen LogP contribution >= 0.6 is 0 Å². The molecule has 0 aliphatic carbocycles. The number of nitrogens with one attached hydrogen (secondary N) is 1. The van der Waals surface area contributed by atoms with Crippen molar-refractivity contribution in [3.63, 3.8) is 0 Å². The lowest BCUT2D eigenvalue weighted by Gasteiger charge is -2.08. The highest BCUT2D eigenvalue weighted by Crippen LogP contribution is 2.13. The van der Waals surface area contributed by atoms with E-state index in [1.54, 1.807) is 6.92 Å². The molecular formula is C14H21NO3. The minimum absolute atomic E-state index is 0.0420. The molecule has 0 saturated heterocycles. The summed E-state index contributed by atoms with van der Waals surface area (Å²) < 4.78 is 10.2. The zero-order valence-electron chi connectivity index (χ0n) is 11.1. The molecule has 0 heterocycles. The number of benzene rings is 1. The Morgan fingerprint density at radius 3 is 2.89 bits per heavy atom. The highest BCUT2D eigenvalue weighted by Gasteiger charge is 2.03. The molecule has 0 bridgehead atoms. The summed E-state index contributed by atoms with van der Waals surface area (Å²) in [7, 11) is 0. The molecule has 0 aliphatic heterocycles. The Balaban J connectivity index is 2.41. The molecule has 1 rings (SSSR count). The molecule has 0 amide bonds. The van der Waals surface area contributed by atoms with Crippen LogP contribution in [0.3, 0.4) is 0 Å². The Morgan fingerprint density at radius 2 is 2.17 bits per heavy atom. The van der Waals surface area contributed by atoms with E-state index >= 15 is 0 Å². The molecule has 1 aromatic carbocycles. The van der Waals surface area contributed by atoms with E-state index in [4.69, 9.17) is 9.47 Å².